The van der Waals surface area contributed by atoms with E-state index in [1.807, 2.05) is 0 Å². The van der Waals surface area contributed by atoms with Gasteiger partial charge in [0.2, 0.25) is 0 Å². The maximum absolute atomic E-state index is 10.5. The Morgan fingerprint density at radius 1 is 0.500 bits per heavy atom. The SMILES string of the molecule is CC(C)(C)[Si](C)(C)OC1O[C@H](COCCOCCOCCOC(=O)O)[C@@H](O[Si](C)(C)C(C)(C)C)[C@H](O[Si](C)(C)C(C)(C)C)[C@@H]1O[Si](C)(C)C(C)(C)C. The van der Waals surface area contributed by atoms with Crippen LogP contribution < -0.4 is 0 Å². The lowest BCUT2D eigenvalue weighted by Crippen LogP contribution is -2.69. The van der Waals surface area contributed by atoms with Gasteiger partial charge in [0.25, 0.3) is 0 Å². The summed E-state index contributed by atoms with van der Waals surface area (Å²) >= 11 is 0. The summed E-state index contributed by atoms with van der Waals surface area (Å²) in [5.74, 6) is 0. The molecule has 0 aliphatic carbocycles. The van der Waals surface area contributed by atoms with Gasteiger partial charge in [-0.1, -0.05) is 83.1 Å². The Hall–Kier alpha value is -0.182. The number of carboxylic acid groups (broad SMARTS) is 1. The molecule has 1 unspecified atom stereocenters. The summed E-state index contributed by atoms with van der Waals surface area (Å²) in [5, 5.41) is 8.35. The number of hydrogen-bond acceptors (Lipinski definition) is 10. The molecular formula is C37H80O11Si4. The van der Waals surface area contributed by atoms with Crippen molar-refractivity contribution in [2.75, 3.05) is 46.2 Å². The molecule has 0 aromatic heterocycles. The quantitative estimate of drug-likeness (QED) is 0.0763. The minimum absolute atomic E-state index is 0.0139. The molecule has 1 N–H and O–H groups in total. The molecule has 0 bridgehead atoms. The van der Waals surface area contributed by atoms with E-state index in [-0.39, 0.29) is 40.0 Å². The maximum Gasteiger partial charge on any atom is 0.505 e. The third-order valence-electron chi connectivity index (χ3n) is 12.0. The van der Waals surface area contributed by atoms with E-state index in [4.69, 9.17) is 41.8 Å². The Morgan fingerprint density at radius 3 is 1.21 bits per heavy atom. The van der Waals surface area contributed by atoms with Crippen LogP contribution in [0.4, 0.5) is 4.79 Å². The molecule has 1 saturated heterocycles. The lowest BCUT2D eigenvalue weighted by Gasteiger charge is -2.55. The first kappa shape index (κ1) is 49.8. The highest BCUT2D eigenvalue weighted by molar-refractivity contribution is 6.75. The fraction of sp³-hybridized carbons (Fsp3) is 0.973. The lowest BCUT2D eigenvalue weighted by molar-refractivity contribution is -0.273. The molecule has 310 valence electrons. The van der Waals surface area contributed by atoms with Crippen LogP contribution in [-0.4, -0.2) is 121 Å². The van der Waals surface area contributed by atoms with Crippen molar-refractivity contribution in [3.05, 3.63) is 0 Å². The minimum atomic E-state index is -2.38. The van der Waals surface area contributed by atoms with Crippen LogP contribution in [0.3, 0.4) is 0 Å². The van der Waals surface area contributed by atoms with Gasteiger partial charge in [0.05, 0.1) is 39.6 Å². The van der Waals surface area contributed by atoms with Crippen molar-refractivity contribution < 1.29 is 51.3 Å². The van der Waals surface area contributed by atoms with Crippen LogP contribution in [0.1, 0.15) is 83.1 Å². The van der Waals surface area contributed by atoms with Gasteiger partial charge in [0, 0.05) is 0 Å². The molecule has 1 aliphatic rings. The Morgan fingerprint density at radius 2 is 0.827 bits per heavy atom. The van der Waals surface area contributed by atoms with Gasteiger partial charge in [-0.3, -0.25) is 0 Å². The van der Waals surface area contributed by atoms with E-state index in [2.05, 4.69) is 140 Å². The standard InChI is InChI=1S/C37H80O11Si4/c1-34(2,3)49(13,14)45-29-28(27-42-24-23-40-21-22-41-25-26-43-33(38)39)44-32(48-52(19,20)37(10,11)12)31(47-51(17,18)36(7,8)9)30(29)46-50(15,16)35(4,5)6/h28-32H,21-27H2,1-20H3,(H,38,39)/t28-,29-,30+,31+,32?/m1/s1. The highest BCUT2D eigenvalue weighted by atomic mass is 28.4. The largest absolute Gasteiger partial charge is 0.505 e. The van der Waals surface area contributed by atoms with Crippen LogP contribution in [0.5, 0.6) is 0 Å². The second-order valence-electron chi connectivity index (χ2n) is 20.4. The summed E-state index contributed by atoms with van der Waals surface area (Å²) < 4.78 is 58.5. The fourth-order valence-corrected chi connectivity index (χ4v) is 9.38. The first-order chi connectivity index (χ1) is 23.2. The first-order valence-electron chi connectivity index (χ1n) is 19.1. The van der Waals surface area contributed by atoms with Crippen LogP contribution in [0, 0.1) is 0 Å². The second kappa shape index (κ2) is 18.8. The molecule has 52 heavy (non-hydrogen) atoms. The van der Waals surface area contributed by atoms with Gasteiger partial charge in [0.1, 0.15) is 31.0 Å². The normalized spacial score (nSPS) is 23.2. The molecule has 1 aliphatic heterocycles. The fourth-order valence-electron chi connectivity index (χ4n) is 4.35. The third kappa shape index (κ3) is 14.7. The van der Waals surface area contributed by atoms with Gasteiger partial charge in [-0.25, -0.2) is 4.79 Å². The Kier molecular flexibility index (Phi) is 18.1. The molecule has 1 heterocycles. The highest BCUT2D eigenvalue weighted by Gasteiger charge is 2.58. The van der Waals surface area contributed by atoms with E-state index in [0.717, 1.165) is 0 Å². The topological polar surface area (TPSA) is 120 Å². The van der Waals surface area contributed by atoms with Crippen molar-refractivity contribution >= 4 is 39.4 Å². The predicted octanol–water partition coefficient (Wildman–Crippen LogP) is 9.65. The molecule has 0 radical (unpaired) electrons. The van der Waals surface area contributed by atoms with Crippen molar-refractivity contribution in [3.63, 3.8) is 0 Å². The lowest BCUT2D eigenvalue weighted by atomic mass is 9.99. The molecule has 0 spiro atoms. The molecule has 11 nitrogen and oxygen atoms in total. The van der Waals surface area contributed by atoms with Gasteiger partial charge in [-0.2, -0.15) is 0 Å². The van der Waals surface area contributed by atoms with E-state index < -0.39 is 70.1 Å². The van der Waals surface area contributed by atoms with E-state index in [1.54, 1.807) is 0 Å². The van der Waals surface area contributed by atoms with E-state index in [1.165, 1.54) is 0 Å². The summed E-state index contributed by atoms with van der Waals surface area (Å²) in [5.41, 5.74) is 0. The molecule has 0 amide bonds. The Bertz CT molecular complexity index is 1090. The number of ether oxygens (including phenoxy) is 5. The molecule has 0 aromatic rings. The van der Waals surface area contributed by atoms with Gasteiger partial charge in [-0.05, 0) is 72.5 Å². The zero-order chi connectivity index (χ0) is 40.8. The average molecular weight is 813 g/mol. The molecule has 1 fully saturated rings. The summed E-state index contributed by atoms with van der Waals surface area (Å²) in [6.07, 6.45) is -3.86. The van der Waals surface area contributed by atoms with Gasteiger partial charge >= 0.3 is 6.16 Å². The zero-order valence-electron chi connectivity index (χ0n) is 36.9. The average Bonchev–Trinajstić information content (AvgIpc) is 2.92. The maximum atomic E-state index is 10.5. The van der Waals surface area contributed by atoms with E-state index in [0.29, 0.717) is 26.4 Å². The summed E-state index contributed by atoms with van der Waals surface area (Å²) in [6, 6.07) is 0. The van der Waals surface area contributed by atoms with Crippen molar-refractivity contribution in [1.29, 1.82) is 0 Å². The highest BCUT2D eigenvalue weighted by Crippen LogP contribution is 2.47. The minimum Gasteiger partial charge on any atom is -0.450 e. The van der Waals surface area contributed by atoms with Crippen LogP contribution in [0.2, 0.25) is 72.5 Å². The molecule has 15 heteroatoms. The zero-order valence-corrected chi connectivity index (χ0v) is 40.9. The van der Waals surface area contributed by atoms with E-state index in [9.17, 15) is 4.79 Å². The van der Waals surface area contributed by atoms with Crippen LogP contribution in [0.15, 0.2) is 0 Å². The third-order valence-corrected chi connectivity index (χ3v) is 29.9. The summed E-state index contributed by atoms with van der Waals surface area (Å²) in [6.45, 7) is 47.1. The van der Waals surface area contributed by atoms with Crippen LogP contribution >= 0.6 is 0 Å². The molecule has 5 atom stereocenters. The monoisotopic (exact) mass is 812 g/mol. The molecule has 0 aromatic carbocycles. The Labute approximate surface area is 322 Å². The van der Waals surface area contributed by atoms with Crippen molar-refractivity contribution in [1.82, 2.24) is 0 Å². The second-order valence-corrected chi connectivity index (χ2v) is 39.4. The van der Waals surface area contributed by atoms with Crippen molar-refractivity contribution in [3.8, 4) is 0 Å². The molecular weight excluding hydrogens is 733 g/mol. The van der Waals surface area contributed by atoms with Crippen LogP contribution in [-0.2, 0) is 41.4 Å². The smallest absolute Gasteiger partial charge is 0.450 e. The van der Waals surface area contributed by atoms with Gasteiger partial charge < -0.3 is 46.5 Å². The molecule has 1 rings (SSSR count). The number of rotatable bonds is 19. The van der Waals surface area contributed by atoms with Crippen molar-refractivity contribution in [2.45, 2.75) is 186 Å². The first-order valence-corrected chi connectivity index (χ1v) is 30.8. The van der Waals surface area contributed by atoms with Crippen molar-refractivity contribution in [2.24, 2.45) is 0 Å². The summed E-state index contributed by atoms with van der Waals surface area (Å²) in [7, 11) is -9.47. The molecule has 0 saturated carbocycles. The van der Waals surface area contributed by atoms with E-state index >= 15 is 0 Å². The number of hydrogen-bond donors (Lipinski definition) is 1. The predicted molar refractivity (Wildman–Crippen MR) is 220 cm³/mol. The van der Waals surface area contributed by atoms with Gasteiger partial charge in [-0.15, -0.1) is 0 Å². The van der Waals surface area contributed by atoms with Gasteiger partial charge in [0.15, 0.2) is 39.6 Å². The van der Waals surface area contributed by atoms with Crippen LogP contribution in [0.25, 0.3) is 0 Å². The number of carbonyl (C=O) groups is 1. The Balaban J connectivity index is 3.62. The summed E-state index contributed by atoms with van der Waals surface area (Å²) in [4.78, 5) is 10.5.